The van der Waals surface area contributed by atoms with Gasteiger partial charge in [-0.05, 0) is 67.1 Å². The van der Waals surface area contributed by atoms with Gasteiger partial charge in [0.15, 0.2) is 9.84 Å². The number of hydrogen-bond donors (Lipinski definition) is 1. The Bertz CT molecular complexity index is 1230. The molecule has 1 amide bonds. The zero-order valence-electron chi connectivity index (χ0n) is 15.2. The van der Waals surface area contributed by atoms with E-state index < -0.39 is 25.8 Å². The lowest BCUT2D eigenvalue weighted by Gasteiger charge is -2.11. The van der Waals surface area contributed by atoms with E-state index in [1.54, 1.807) is 18.2 Å². The minimum absolute atomic E-state index is 0.00555. The summed E-state index contributed by atoms with van der Waals surface area (Å²) in [6.07, 6.45) is 4.76. The molecule has 3 rings (SSSR count). The third-order valence-electron chi connectivity index (χ3n) is 4.13. The maximum Gasteiger partial charge on any atom is 0.265 e. The summed E-state index contributed by atoms with van der Waals surface area (Å²) >= 11 is 0. The van der Waals surface area contributed by atoms with E-state index in [9.17, 15) is 21.6 Å². The van der Waals surface area contributed by atoms with Crippen molar-refractivity contribution in [3.05, 3.63) is 78.1 Å². The van der Waals surface area contributed by atoms with Crippen LogP contribution in [0.25, 0.3) is 5.69 Å². The average Bonchev–Trinajstić information content (AvgIpc) is 3.15. The van der Waals surface area contributed by atoms with Gasteiger partial charge in [0.25, 0.3) is 15.9 Å². The Hall–Kier alpha value is -2.91. The van der Waals surface area contributed by atoms with Crippen molar-refractivity contribution in [1.29, 1.82) is 0 Å². The summed E-state index contributed by atoms with van der Waals surface area (Å²) in [5.74, 6) is -0.769. The molecule has 0 saturated carbocycles. The lowest BCUT2D eigenvalue weighted by molar-refractivity contribution is 0.0981. The highest BCUT2D eigenvalue weighted by molar-refractivity contribution is 7.91. The molecule has 1 heterocycles. The SMILES string of the molecule is Cc1cc(C(=O)NS(=O)(=O)c2ccc(S(C)(=O)=O)cc2)ccc1-n1cccc1. The number of nitrogens with one attached hydrogen (secondary N) is 1. The summed E-state index contributed by atoms with van der Waals surface area (Å²) in [6.45, 7) is 1.82. The second kappa shape index (κ2) is 7.25. The van der Waals surface area contributed by atoms with Crippen molar-refractivity contribution >= 4 is 25.8 Å². The largest absolute Gasteiger partial charge is 0.324 e. The number of aryl methyl sites for hydroxylation is 1. The number of carbonyl (C=O) groups is 1. The summed E-state index contributed by atoms with van der Waals surface area (Å²) < 4.78 is 51.7. The van der Waals surface area contributed by atoms with Gasteiger partial charge in [0, 0.05) is 29.9 Å². The minimum Gasteiger partial charge on any atom is -0.324 e. The third-order valence-corrected chi connectivity index (χ3v) is 6.61. The number of sulfonamides is 1. The summed E-state index contributed by atoms with van der Waals surface area (Å²) in [6, 6.07) is 13.3. The lowest BCUT2D eigenvalue weighted by atomic mass is 10.1. The third kappa shape index (κ3) is 4.15. The van der Waals surface area contributed by atoms with Gasteiger partial charge in [0.05, 0.1) is 9.79 Å². The predicted molar refractivity (Wildman–Crippen MR) is 105 cm³/mol. The molecule has 9 heteroatoms. The molecule has 146 valence electrons. The van der Waals surface area contributed by atoms with Crippen molar-refractivity contribution in [1.82, 2.24) is 9.29 Å². The molecule has 0 spiro atoms. The van der Waals surface area contributed by atoms with E-state index in [1.807, 2.05) is 40.7 Å². The molecule has 28 heavy (non-hydrogen) atoms. The Morgan fingerprint density at radius 2 is 1.46 bits per heavy atom. The second-order valence-electron chi connectivity index (χ2n) is 6.27. The molecule has 7 nitrogen and oxygen atoms in total. The average molecular weight is 418 g/mol. The molecular weight excluding hydrogens is 400 g/mol. The fourth-order valence-corrected chi connectivity index (χ4v) is 4.29. The maximum atomic E-state index is 12.4. The van der Waals surface area contributed by atoms with Crippen LogP contribution in [0.1, 0.15) is 15.9 Å². The zero-order chi connectivity index (χ0) is 20.5. The molecule has 0 aliphatic heterocycles. The van der Waals surface area contributed by atoms with Gasteiger partial charge in [0.2, 0.25) is 0 Å². The molecule has 0 aliphatic carbocycles. The Morgan fingerprint density at radius 3 is 2.00 bits per heavy atom. The standard InChI is InChI=1S/C19H18N2O5S2/c1-14-13-15(5-10-18(14)21-11-3-4-12-21)19(22)20-28(25,26)17-8-6-16(7-9-17)27(2,23)24/h3-13H,1-2H3,(H,20,22). The van der Waals surface area contributed by atoms with Crippen LogP contribution in [0.15, 0.2) is 76.8 Å². The fraction of sp³-hybridized carbons (Fsp3) is 0.105. The first-order valence-electron chi connectivity index (χ1n) is 8.19. The molecular formula is C19H18N2O5S2. The monoisotopic (exact) mass is 418 g/mol. The van der Waals surface area contributed by atoms with Gasteiger partial charge < -0.3 is 4.57 Å². The molecule has 0 radical (unpaired) electrons. The minimum atomic E-state index is -4.14. The van der Waals surface area contributed by atoms with Gasteiger partial charge in [-0.2, -0.15) is 0 Å². The van der Waals surface area contributed by atoms with E-state index in [1.165, 1.54) is 12.1 Å². The van der Waals surface area contributed by atoms with E-state index in [0.29, 0.717) is 0 Å². The normalized spacial score (nSPS) is 11.9. The zero-order valence-corrected chi connectivity index (χ0v) is 16.8. The Labute approximate surface area is 163 Å². The summed E-state index contributed by atoms with van der Waals surface area (Å²) in [7, 11) is -7.58. The van der Waals surface area contributed by atoms with Gasteiger partial charge in [0.1, 0.15) is 0 Å². The quantitative estimate of drug-likeness (QED) is 0.685. The number of sulfone groups is 1. The summed E-state index contributed by atoms with van der Waals surface area (Å²) in [4.78, 5) is 12.2. The smallest absolute Gasteiger partial charge is 0.265 e. The van der Waals surface area contributed by atoms with Crippen molar-refractivity contribution in [2.24, 2.45) is 0 Å². The van der Waals surface area contributed by atoms with Crippen LogP contribution in [0.5, 0.6) is 0 Å². The highest BCUT2D eigenvalue weighted by Crippen LogP contribution is 2.18. The summed E-state index contributed by atoms with van der Waals surface area (Å²) in [5.41, 5.74) is 1.88. The molecule has 0 bridgehead atoms. The highest BCUT2D eigenvalue weighted by atomic mass is 32.2. The van der Waals surface area contributed by atoms with Crippen molar-refractivity contribution in [2.75, 3.05) is 6.26 Å². The number of benzene rings is 2. The topological polar surface area (TPSA) is 102 Å². The highest BCUT2D eigenvalue weighted by Gasteiger charge is 2.20. The van der Waals surface area contributed by atoms with Crippen molar-refractivity contribution < 1.29 is 21.6 Å². The van der Waals surface area contributed by atoms with Crippen LogP contribution in [0.2, 0.25) is 0 Å². The maximum absolute atomic E-state index is 12.4. The fourth-order valence-electron chi connectivity index (χ4n) is 2.69. The molecule has 3 aromatic rings. The molecule has 0 atom stereocenters. The van der Waals surface area contributed by atoms with Gasteiger partial charge in [-0.15, -0.1) is 0 Å². The van der Waals surface area contributed by atoms with E-state index in [2.05, 4.69) is 0 Å². The van der Waals surface area contributed by atoms with Gasteiger partial charge in [-0.3, -0.25) is 4.79 Å². The van der Waals surface area contributed by atoms with Crippen LogP contribution >= 0.6 is 0 Å². The van der Waals surface area contributed by atoms with Crippen molar-refractivity contribution in [3.63, 3.8) is 0 Å². The van der Waals surface area contributed by atoms with E-state index >= 15 is 0 Å². The molecule has 0 unspecified atom stereocenters. The second-order valence-corrected chi connectivity index (χ2v) is 9.97. The van der Waals surface area contributed by atoms with Crippen LogP contribution in [-0.2, 0) is 19.9 Å². The molecule has 1 aromatic heterocycles. The number of amides is 1. The molecule has 2 aromatic carbocycles. The van der Waals surface area contributed by atoms with Crippen LogP contribution in [0.4, 0.5) is 0 Å². The number of aromatic nitrogens is 1. The first-order valence-corrected chi connectivity index (χ1v) is 11.6. The number of nitrogens with zero attached hydrogens (tertiary/aromatic N) is 1. The first kappa shape index (κ1) is 19.8. The molecule has 0 saturated heterocycles. The van der Waals surface area contributed by atoms with Gasteiger partial charge in [-0.1, -0.05) is 0 Å². The molecule has 0 fully saturated rings. The number of hydrogen-bond acceptors (Lipinski definition) is 5. The molecule has 0 aliphatic rings. The number of rotatable bonds is 5. The van der Waals surface area contributed by atoms with E-state index in [0.717, 1.165) is 29.6 Å². The van der Waals surface area contributed by atoms with Crippen molar-refractivity contribution in [3.8, 4) is 5.69 Å². The molecule has 1 N–H and O–H groups in total. The summed E-state index contributed by atoms with van der Waals surface area (Å²) in [5, 5.41) is 0. The van der Waals surface area contributed by atoms with Gasteiger partial charge >= 0.3 is 0 Å². The Kier molecular flexibility index (Phi) is 5.14. The van der Waals surface area contributed by atoms with E-state index in [-0.39, 0.29) is 15.4 Å². The van der Waals surface area contributed by atoms with Crippen LogP contribution in [-0.4, -0.2) is 33.6 Å². The van der Waals surface area contributed by atoms with Crippen LogP contribution in [0, 0.1) is 6.92 Å². The van der Waals surface area contributed by atoms with E-state index in [4.69, 9.17) is 0 Å². The Balaban J connectivity index is 1.83. The lowest BCUT2D eigenvalue weighted by Crippen LogP contribution is -2.30. The van der Waals surface area contributed by atoms with Crippen LogP contribution < -0.4 is 4.72 Å². The van der Waals surface area contributed by atoms with Gasteiger partial charge in [-0.25, -0.2) is 21.6 Å². The van der Waals surface area contributed by atoms with Crippen LogP contribution in [0.3, 0.4) is 0 Å². The number of carbonyl (C=O) groups excluding carboxylic acids is 1. The van der Waals surface area contributed by atoms with Crippen molar-refractivity contribution in [2.45, 2.75) is 16.7 Å². The first-order chi connectivity index (χ1) is 13.1. The Morgan fingerprint density at radius 1 is 0.893 bits per heavy atom. The predicted octanol–water partition coefficient (Wildman–Crippen LogP) is 2.31.